The van der Waals surface area contributed by atoms with E-state index in [9.17, 15) is 4.79 Å². The molecule has 6 heteroatoms. The highest BCUT2D eigenvalue weighted by atomic mass is 16.6. The Morgan fingerprint density at radius 2 is 2.35 bits per heavy atom. The number of hydrogen-bond acceptors (Lipinski definition) is 4. The Morgan fingerprint density at radius 3 is 2.95 bits per heavy atom. The molecule has 0 spiro atoms. The Morgan fingerprint density at radius 1 is 1.60 bits per heavy atom. The van der Waals surface area contributed by atoms with Gasteiger partial charge < -0.3 is 10.2 Å². The van der Waals surface area contributed by atoms with E-state index in [2.05, 4.69) is 29.4 Å². The third kappa shape index (κ3) is 3.18. The third-order valence-electron chi connectivity index (χ3n) is 3.23. The first kappa shape index (κ1) is 14.6. The summed E-state index contributed by atoms with van der Waals surface area (Å²) >= 11 is 0. The Hall–Kier alpha value is -1.85. The minimum atomic E-state index is -0.520. The first-order valence-electron chi connectivity index (χ1n) is 7.06. The van der Waals surface area contributed by atoms with Gasteiger partial charge in [-0.05, 0) is 19.8 Å². The van der Waals surface area contributed by atoms with Gasteiger partial charge in [0.25, 0.3) is 5.91 Å². The molecule has 0 saturated carbocycles. The number of aryl methyl sites for hydroxylation is 2. The number of rotatable bonds is 5. The molecule has 1 aliphatic heterocycles. The van der Waals surface area contributed by atoms with Crippen LogP contribution in [0.1, 0.15) is 38.4 Å². The number of carbonyl (C=O) groups is 1. The van der Waals surface area contributed by atoms with Crippen molar-refractivity contribution in [2.45, 2.75) is 46.8 Å². The van der Waals surface area contributed by atoms with E-state index >= 15 is 0 Å². The summed E-state index contributed by atoms with van der Waals surface area (Å²) in [5.41, 5.74) is 2.68. The van der Waals surface area contributed by atoms with Crippen molar-refractivity contribution in [1.29, 1.82) is 0 Å². The second kappa shape index (κ2) is 6.07. The van der Waals surface area contributed by atoms with Crippen LogP contribution in [0.5, 0.6) is 0 Å². The fourth-order valence-electron chi connectivity index (χ4n) is 2.06. The maximum atomic E-state index is 11.9. The van der Waals surface area contributed by atoms with Crippen molar-refractivity contribution in [1.82, 2.24) is 15.1 Å². The van der Waals surface area contributed by atoms with E-state index in [1.165, 1.54) is 0 Å². The van der Waals surface area contributed by atoms with Gasteiger partial charge in [-0.25, -0.2) is 0 Å². The van der Waals surface area contributed by atoms with Crippen LogP contribution in [0.4, 0.5) is 0 Å². The summed E-state index contributed by atoms with van der Waals surface area (Å²) in [6, 6.07) is 0. The fraction of sp³-hybridized carbons (Fsp3) is 0.643. The molecular weight excluding hydrogens is 256 g/mol. The molecule has 110 valence electrons. The lowest BCUT2D eigenvalue weighted by Gasteiger charge is -2.10. The van der Waals surface area contributed by atoms with E-state index in [0.29, 0.717) is 18.9 Å². The van der Waals surface area contributed by atoms with E-state index < -0.39 is 6.10 Å². The van der Waals surface area contributed by atoms with Crippen molar-refractivity contribution >= 4 is 11.6 Å². The zero-order chi connectivity index (χ0) is 14.7. The maximum absolute atomic E-state index is 11.9. The molecule has 1 N–H and O–H groups in total. The van der Waals surface area contributed by atoms with Gasteiger partial charge in [-0.3, -0.25) is 9.48 Å². The summed E-state index contributed by atoms with van der Waals surface area (Å²) in [6.07, 6.45) is 1.93. The molecule has 1 amide bonds. The Balaban J connectivity index is 1.97. The molecule has 0 aromatic carbocycles. The summed E-state index contributed by atoms with van der Waals surface area (Å²) in [7, 11) is 0. The summed E-state index contributed by atoms with van der Waals surface area (Å²) in [5.74, 6) is 0.323. The van der Waals surface area contributed by atoms with Crippen LogP contribution in [-0.4, -0.2) is 34.0 Å². The van der Waals surface area contributed by atoms with Crippen molar-refractivity contribution in [2.75, 3.05) is 6.54 Å². The van der Waals surface area contributed by atoms with Gasteiger partial charge in [-0.15, -0.1) is 0 Å². The van der Waals surface area contributed by atoms with E-state index in [-0.39, 0.29) is 5.91 Å². The van der Waals surface area contributed by atoms with Crippen molar-refractivity contribution in [3.63, 3.8) is 0 Å². The van der Waals surface area contributed by atoms with Gasteiger partial charge in [0.05, 0.1) is 11.4 Å². The van der Waals surface area contributed by atoms with Crippen molar-refractivity contribution in [3.05, 3.63) is 17.5 Å². The Kier molecular flexibility index (Phi) is 4.42. The molecule has 1 aromatic heterocycles. The highest BCUT2D eigenvalue weighted by Crippen LogP contribution is 2.19. The second-order valence-corrected chi connectivity index (χ2v) is 5.46. The summed E-state index contributed by atoms with van der Waals surface area (Å²) in [6.45, 7) is 9.55. The molecule has 2 rings (SSSR count). The average molecular weight is 278 g/mol. The van der Waals surface area contributed by atoms with Gasteiger partial charge in [0.2, 0.25) is 6.10 Å². The molecule has 20 heavy (non-hydrogen) atoms. The normalized spacial score (nSPS) is 18.1. The predicted molar refractivity (Wildman–Crippen MR) is 76.5 cm³/mol. The minimum absolute atomic E-state index is 0.0991. The van der Waals surface area contributed by atoms with Gasteiger partial charge in [0.1, 0.15) is 0 Å². The topological polar surface area (TPSA) is 68.5 Å². The minimum Gasteiger partial charge on any atom is -0.382 e. The predicted octanol–water partition coefficient (Wildman–Crippen LogP) is 1.48. The van der Waals surface area contributed by atoms with Crippen LogP contribution >= 0.6 is 0 Å². The third-order valence-corrected chi connectivity index (χ3v) is 3.23. The molecule has 0 radical (unpaired) electrons. The van der Waals surface area contributed by atoms with Crippen LogP contribution in [0.3, 0.4) is 0 Å². The lowest BCUT2D eigenvalue weighted by atomic mass is 10.1. The van der Waals surface area contributed by atoms with Gasteiger partial charge in [-0.1, -0.05) is 19.0 Å². The first-order chi connectivity index (χ1) is 9.51. The smallest absolute Gasteiger partial charge is 0.264 e. The summed E-state index contributed by atoms with van der Waals surface area (Å²) < 4.78 is 1.86. The average Bonchev–Trinajstić information content (AvgIpc) is 3.01. The number of nitrogens with zero attached hydrogens (tertiary/aromatic N) is 3. The lowest BCUT2D eigenvalue weighted by molar-refractivity contribution is -0.131. The van der Waals surface area contributed by atoms with Gasteiger partial charge in [-0.2, -0.15) is 5.10 Å². The van der Waals surface area contributed by atoms with E-state index in [1.54, 1.807) is 0 Å². The highest BCUT2D eigenvalue weighted by molar-refractivity contribution is 6.04. The SMILES string of the molecule is CCn1cc(C2=NOC(C(=O)NCC(C)C)C2)c(C)n1. The van der Waals surface area contributed by atoms with Gasteiger partial charge >= 0.3 is 0 Å². The zero-order valence-corrected chi connectivity index (χ0v) is 12.5. The van der Waals surface area contributed by atoms with Crippen molar-refractivity contribution in [3.8, 4) is 0 Å². The molecule has 6 nitrogen and oxygen atoms in total. The monoisotopic (exact) mass is 278 g/mol. The fourth-order valence-corrected chi connectivity index (χ4v) is 2.06. The molecule has 1 aliphatic rings. The van der Waals surface area contributed by atoms with Gasteiger partial charge in [0.15, 0.2) is 0 Å². The molecule has 1 unspecified atom stereocenters. The lowest BCUT2D eigenvalue weighted by Crippen LogP contribution is -2.36. The van der Waals surface area contributed by atoms with Crippen LogP contribution in [0.15, 0.2) is 11.4 Å². The molecule has 1 atom stereocenters. The van der Waals surface area contributed by atoms with Crippen LogP contribution in [0.2, 0.25) is 0 Å². The Bertz CT molecular complexity index is 519. The zero-order valence-electron chi connectivity index (χ0n) is 12.5. The number of amides is 1. The van der Waals surface area contributed by atoms with Crippen LogP contribution in [0.25, 0.3) is 0 Å². The summed E-state index contributed by atoms with van der Waals surface area (Å²) in [4.78, 5) is 17.2. The second-order valence-electron chi connectivity index (χ2n) is 5.46. The van der Waals surface area contributed by atoms with Crippen molar-refractivity contribution in [2.24, 2.45) is 11.1 Å². The number of nitrogens with one attached hydrogen (secondary N) is 1. The molecule has 0 bridgehead atoms. The molecule has 0 saturated heterocycles. The standard InChI is InChI=1S/C14H22N4O2/c1-5-18-8-11(10(4)16-18)12-6-13(20-17-12)14(19)15-7-9(2)3/h8-9,13H,5-7H2,1-4H3,(H,15,19). The molecule has 2 heterocycles. The van der Waals surface area contributed by atoms with Crippen LogP contribution in [-0.2, 0) is 16.2 Å². The van der Waals surface area contributed by atoms with Crippen molar-refractivity contribution < 1.29 is 9.63 Å². The highest BCUT2D eigenvalue weighted by Gasteiger charge is 2.30. The quantitative estimate of drug-likeness (QED) is 0.887. The van der Waals surface area contributed by atoms with Gasteiger partial charge in [0, 0.05) is 31.3 Å². The molecular formula is C14H22N4O2. The first-order valence-corrected chi connectivity index (χ1v) is 7.06. The summed E-state index contributed by atoms with van der Waals surface area (Å²) in [5, 5.41) is 11.3. The van der Waals surface area contributed by atoms with Crippen LogP contribution < -0.4 is 5.32 Å². The molecule has 0 fully saturated rings. The number of carbonyl (C=O) groups excluding carboxylic acids is 1. The molecule has 1 aromatic rings. The largest absolute Gasteiger partial charge is 0.382 e. The van der Waals surface area contributed by atoms with E-state index in [4.69, 9.17) is 4.84 Å². The van der Waals surface area contributed by atoms with E-state index in [0.717, 1.165) is 23.5 Å². The Labute approximate surface area is 119 Å². The number of oxime groups is 1. The molecule has 0 aliphatic carbocycles. The number of aromatic nitrogens is 2. The van der Waals surface area contributed by atoms with Crippen LogP contribution in [0, 0.1) is 12.8 Å². The maximum Gasteiger partial charge on any atom is 0.264 e. The van der Waals surface area contributed by atoms with E-state index in [1.807, 2.05) is 24.7 Å². The number of hydrogen-bond donors (Lipinski definition) is 1.